The Bertz CT molecular complexity index is 1130. The molecule has 3 aromatic carbocycles. The number of esters is 1. The van der Waals surface area contributed by atoms with Crippen LogP contribution in [0.3, 0.4) is 0 Å². The van der Waals surface area contributed by atoms with Gasteiger partial charge in [-0.25, -0.2) is 14.6 Å². The highest BCUT2D eigenvalue weighted by Gasteiger charge is 2.17. The molecule has 0 aliphatic carbocycles. The maximum Gasteiger partial charge on any atom is 0.343 e. The second kappa shape index (κ2) is 8.44. The van der Waals surface area contributed by atoms with Gasteiger partial charge in [0.25, 0.3) is 5.91 Å². The van der Waals surface area contributed by atoms with Crippen LogP contribution in [0.15, 0.2) is 71.8 Å². The highest BCUT2D eigenvalue weighted by Crippen LogP contribution is 2.32. The van der Waals surface area contributed by atoms with Crippen molar-refractivity contribution in [2.24, 2.45) is 5.10 Å². The minimum absolute atomic E-state index is 0.118. The molecule has 1 amide bonds. The average molecular weight is 406 g/mol. The number of fused-ring (bicyclic) bond motifs is 1. The number of nitrogens with zero attached hydrogens (tertiary/aromatic N) is 1. The maximum atomic E-state index is 12.9. The molecular weight excluding hydrogens is 391 g/mol. The van der Waals surface area contributed by atoms with E-state index >= 15 is 0 Å². The summed E-state index contributed by atoms with van der Waals surface area (Å²) < 4.78 is 28.8. The molecule has 0 fully saturated rings. The van der Waals surface area contributed by atoms with Gasteiger partial charge in [-0.2, -0.15) is 5.10 Å². The van der Waals surface area contributed by atoms with E-state index in [1.54, 1.807) is 42.5 Å². The summed E-state index contributed by atoms with van der Waals surface area (Å²) in [5, 5.41) is 3.87. The van der Waals surface area contributed by atoms with Gasteiger partial charge in [0.05, 0.1) is 11.8 Å². The molecule has 30 heavy (non-hydrogen) atoms. The highest BCUT2D eigenvalue weighted by molar-refractivity contribution is 5.95. The second-order valence-corrected chi connectivity index (χ2v) is 6.24. The fourth-order valence-corrected chi connectivity index (χ4v) is 2.68. The predicted molar refractivity (Wildman–Crippen MR) is 105 cm³/mol. The molecule has 0 spiro atoms. The summed E-state index contributed by atoms with van der Waals surface area (Å²) in [6, 6.07) is 16.5. The van der Waals surface area contributed by atoms with Crippen molar-refractivity contribution in [2.45, 2.75) is 0 Å². The molecule has 0 radical (unpaired) electrons. The lowest BCUT2D eigenvalue weighted by atomic mass is 10.2. The van der Waals surface area contributed by atoms with Crippen LogP contribution in [0.25, 0.3) is 0 Å². The molecule has 8 heteroatoms. The molecule has 1 aliphatic heterocycles. The molecule has 0 bridgehead atoms. The molecule has 7 nitrogen and oxygen atoms in total. The monoisotopic (exact) mass is 406 g/mol. The maximum absolute atomic E-state index is 12.9. The number of rotatable bonds is 5. The van der Waals surface area contributed by atoms with Gasteiger partial charge in [0.2, 0.25) is 6.79 Å². The molecule has 4 rings (SSSR count). The first-order chi connectivity index (χ1) is 14.6. The van der Waals surface area contributed by atoms with Gasteiger partial charge in [-0.05, 0) is 60.2 Å². The van der Waals surface area contributed by atoms with E-state index in [2.05, 4.69) is 10.5 Å². The first kappa shape index (κ1) is 19.1. The Labute approximate surface area is 170 Å². The second-order valence-electron chi connectivity index (χ2n) is 6.24. The summed E-state index contributed by atoms with van der Waals surface area (Å²) in [5.74, 6) is -0.0769. The van der Waals surface area contributed by atoms with Crippen LogP contribution in [0.4, 0.5) is 4.39 Å². The van der Waals surface area contributed by atoms with E-state index in [1.165, 1.54) is 30.5 Å². The van der Waals surface area contributed by atoms with Gasteiger partial charge in [-0.15, -0.1) is 0 Å². The topological polar surface area (TPSA) is 86.2 Å². The van der Waals surface area contributed by atoms with Crippen LogP contribution in [0.1, 0.15) is 26.3 Å². The summed E-state index contributed by atoms with van der Waals surface area (Å²) in [6.45, 7) is 0.118. The van der Waals surface area contributed by atoms with Gasteiger partial charge < -0.3 is 14.2 Å². The van der Waals surface area contributed by atoms with E-state index in [0.29, 0.717) is 28.4 Å². The Morgan fingerprint density at radius 1 is 0.967 bits per heavy atom. The smallest absolute Gasteiger partial charge is 0.343 e. The summed E-state index contributed by atoms with van der Waals surface area (Å²) in [5.41, 5.74) is 3.56. The number of benzene rings is 3. The third kappa shape index (κ3) is 4.44. The van der Waals surface area contributed by atoms with Crippen LogP contribution >= 0.6 is 0 Å². The summed E-state index contributed by atoms with van der Waals surface area (Å²) >= 11 is 0. The minimum atomic E-state index is -0.549. The number of carbonyl (C=O) groups is 2. The molecule has 0 saturated heterocycles. The van der Waals surface area contributed by atoms with Crippen molar-refractivity contribution in [1.29, 1.82) is 0 Å². The molecule has 3 aromatic rings. The van der Waals surface area contributed by atoms with E-state index in [0.717, 1.165) is 0 Å². The zero-order valence-corrected chi connectivity index (χ0v) is 15.5. The van der Waals surface area contributed by atoms with Crippen molar-refractivity contribution in [3.05, 3.63) is 89.2 Å². The number of nitrogens with one attached hydrogen (secondary N) is 1. The quantitative estimate of drug-likeness (QED) is 0.303. The van der Waals surface area contributed by atoms with Crippen molar-refractivity contribution >= 4 is 18.1 Å². The third-order valence-corrected chi connectivity index (χ3v) is 4.16. The van der Waals surface area contributed by atoms with E-state index < -0.39 is 17.7 Å². The standard InChI is InChI=1S/C22H15FN2O5/c23-17-7-4-15(5-8-17)21(26)25-24-12-14-2-1-3-18(10-14)30-22(27)16-6-9-19-20(11-16)29-13-28-19/h1-12H,13H2,(H,25,26). The van der Waals surface area contributed by atoms with Gasteiger partial charge in [0.15, 0.2) is 11.5 Å². The Kier molecular flexibility index (Phi) is 5.38. The Morgan fingerprint density at radius 3 is 2.57 bits per heavy atom. The zero-order chi connectivity index (χ0) is 20.9. The van der Waals surface area contributed by atoms with Crippen LogP contribution in [0, 0.1) is 5.82 Å². The summed E-state index contributed by atoms with van der Waals surface area (Å²) in [4.78, 5) is 24.3. The largest absolute Gasteiger partial charge is 0.454 e. The Morgan fingerprint density at radius 2 is 1.73 bits per heavy atom. The predicted octanol–water partition coefficient (Wildman–Crippen LogP) is 3.54. The summed E-state index contributed by atoms with van der Waals surface area (Å²) in [6.07, 6.45) is 1.40. The van der Waals surface area contributed by atoms with Crippen LogP contribution < -0.4 is 19.6 Å². The number of ether oxygens (including phenoxy) is 3. The van der Waals surface area contributed by atoms with Gasteiger partial charge >= 0.3 is 5.97 Å². The van der Waals surface area contributed by atoms with Crippen LogP contribution in [-0.4, -0.2) is 24.9 Å². The van der Waals surface area contributed by atoms with Crippen LogP contribution in [-0.2, 0) is 0 Å². The van der Waals surface area contributed by atoms with Crippen molar-refractivity contribution in [3.8, 4) is 17.2 Å². The first-order valence-electron chi connectivity index (χ1n) is 8.89. The fourth-order valence-electron chi connectivity index (χ4n) is 2.68. The number of hydrogen-bond acceptors (Lipinski definition) is 6. The number of amides is 1. The molecule has 1 heterocycles. The first-order valence-corrected chi connectivity index (χ1v) is 8.89. The number of halogens is 1. The highest BCUT2D eigenvalue weighted by atomic mass is 19.1. The van der Waals surface area contributed by atoms with Crippen molar-refractivity contribution in [3.63, 3.8) is 0 Å². The molecule has 0 atom stereocenters. The molecule has 150 valence electrons. The molecule has 0 saturated carbocycles. The van der Waals surface area contributed by atoms with Gasteiger partial charge in [0, 0.05) is 5.56 Å². The molecule has 1 aliphatic rings. The van der Waals surface area contributed by atoms with Gasteiger partial charge in [-0.3, -0.25) is 4.79 Å². The Hall–Kier alpha value is -4.20. The minimum Gasteiger partial charge on any atom is -0.454 e. The third-order valence-electron chi connectivity index (χ3n) is 4.16. The lowest BCUT2D eigenvalue weighted by molar-refractivity contribution is 0.0734. The van der Waals surface area contributed by atoms with Gasteiger partial charge in [-0.1, -0.05) is 12.1 Å². The number of hydrogen-bond donors (Lipinski definition) is 1. The molecule has 0 aromatic heterocycles. The van der Waals surface area contributed by atoms with Gasteiger partial charge in [0.1, 0.15) is 11.6 Å². The Balaban J connectivity index is 1.38. The number of carbonyl (C=O) groups excluding carboxylic acids is 2. The van der Waals surface area contributed by atoms with E-state index in [9.17, 15) is 14.0 Å². The average Bonchev–Trinajstić information content (AvgIpc) is 3.22. The molecule has 0 unspecified atom stereocenters. The fraction of sp³-hybridized carbons (Fsp3) is 0.0455. The van der Waals surface area contributed by atoms with Crippen LogP contribution in [0.5, 0.6) is 17.2 Å². The lowest BCUT2D eigenvalue weighted by Crippen LogP contribution is -2.17. The van der Waals surface area contributed by atoms with E-state index in [-0.39, 0.29) is 12.4 Å². The lowest BCUT2D eigenvalue weighted by Gasteiger charge is -2.06. The number of hydrazone groups is 1. The molecule has 1 N–H and O–H groups in total. The van der Waals surface area contributed by atoms with E-state index in [4.69, 9.17) is 14.2 Å². The van der Waals surface area contributed by atoms with Crippen molar-refractivity contribution in [2.75, 3.05) is 6.79 Å². The molecular formula is C22H15FN2O5. The van der Waals surface area contributed by atoms with E-state index in [1.807, 2.05) is 0 Å². The summed E-state index contributed by atoms with van der Waals surface area (Å²) in [7, 11) is 0. The zero-order valence-electron chi connectivity index (χ0n) is 15.5. The SMILES string of the molecule is O=C(NN=Cc1cccc(OC(=O)c2ccc3c(c2)OCO3)c1)c1ccc(F)cc1. The van der Waals surface area contributed by atoms with Crippen LogP contribution in [0.2, 0.25) is 0 Å². The normalized spacial score (nSPS) is 12.0. The van der Waals surface area contributed by atoms with Crippen molar-refractivity contribution in [1.82, 2.24) is 5.43 Å². The van der Waals surface area contributed by atoms with Crippen molar-refractivity contribution < 1.29 is 28.2 Å².